The third kappa shape index (κ3) is 4.29. The molecular weight excluding hydrogens is 568 g/mol. The van der Waals surface area contributed by atoms with E-state index in [-0.39, 0.29) is 13.2 Å². The lowest BCUT2D eigenvalue weighted by atomic mass is 9.85. The quantitative estimate of drug-likeness (QED) is 0.141. The summed E-state index contributed by atoms with van der Waals surface area (Å²) in [5.74, 6) is -0.881. The van der Waals surface area contributed by atoms with Gasteiger partial charge in [-0.25, -0.2) is 9.59 Å². The topological polar surface area (TPSA) is 52.6 Å². The maximum absolute atomic E-state index is 13.8. The SMILES string of the molecule is CCOC(=O)c1cc(-c2ccc3ccc4cccc5ccc2c3c45)c(C(=O)OCC)cc1-c1cc2ccccc2c2ccccc12. The molecule has 0 spiro atoms. The molecular formula is C42H30O4. The summed E-state index contributed by atoms with van der Waals surface area (Å²) in [5.41, 5.74) is 3.77. The van der Waals surface area contributed by atoms with Crippen molar-refractivity contribution in [2.45, 2.75) is 13.8 Å². The van der Waals surface area contributed by atoms with Gasteiger partial charge in [0, 0.05) is 0 Å². The van der Waals surface area contributed by atoms with Gasteiger partial charge in [-0.2, -0.15) is 0 Å². The highest BCUT2D eigenvalue weighted by molar-refractivity contribution is 6.26. The standard InChI is InChI=1S/C42H30O4/c1-3-45-41(43)37-24-36(34-22-28-10-5-6-13-29(28)30-14-7-8-15-31(30)34)38(42(44)46-4-2)23-35(37)32-20-18-27-17-16-25-11-9-12-26-19-21-33(32)40(27)39(25)26/h5-24H,3-4H2,1-2H3. The fraction of sp³-hybridized carbons (Fsp3) is 0.0952. The van der Waals surface area contributed by atoms with E-state index in [1.54, 1.807) is 13.8 Å². The normalized spacial score (nSPS) is 11.6. The zero-order valence-corrected chi connectivity index (χ0v) is 25.6. The van der Waals surface area contributed by atoms with Crippen LogP contribution in [-0.2, 0) is 9.47 Å². The number of benzene rings is 8. The molecule has 0 aliphatic heterocycles. The van der Waals surface area contributed by atoms with Gasteiger partial charge in [0.05, 0.1) is 24.3 Å². The summed E-state index contributed by atoms with van der Waals surface area (Å²) in [6.07, 6.45) is 0. The minimum atomic E-state index is -0.441. The average molecular weight is 599 g/mol. The average Bonchev–Trinajstić information content (AvgIpc) is 3.10. The fourth-order valence-corrected chi connectivity index (χ4v) is 7.05. The molecule has 222 valence electrons. The minimum Gasteiger partial charge on any atom is -0.462 e. The molecule has 0 saturated heterocycles. The summed E-state index contributed by atoms with van der Waals surface area (Å²) in [4.78, 5) is 27.7. The predicted octanol–water partition coefficient (Wildman–Crippen LogP) is 10.6. The largest absolute Gasteiger partial charge is 0.462 e. The molecule has 0 atom stereocenters. The Hall–Kier alpha value is -5.74. The maximum Gasteiger partial charge on any atom is 0.338 e. The van der Waals surface area contributed by atoms with Crippen molar-refractivity contribution >= 4 is 65.8 Å². The molecule has 0 amide bonds. The number of ether oxygens (including phenoxy) is 2. The predicted molar refractivity (Wildman–Crippen MR) is 188 cm³/mol. The van der Waals surface area contributed by atoms with E-state index >= 15 is 0 Å². The molecule has 8 rings (SSSR count). The highest BCUT2D eigenvalue weighted by Gasteiger charge is 2.25. The van der Waals surface area contributed by atoms with E-state index in [0.29, 0.717) is 22.3 Å². The van der Waals surface area contributed by atoms with Crippen LogP contribution in [0.2, 0.25) is 0 Å². The van der Waals surface area contributed by atoms with Crippen molar-refractivity contribution in [1.29, 1.82) is 0 Å². The van der Waals surface area contributed by atoms with Crippen LogP contribution >= 0.6 is 0 Å². The Kier molecular flexibility index (Phi) is 6.65. The van der Waals surface area contributed by atoms with Crippen molar-refractivity contribution in [1.82, 2.24) is 0 Å². The molecule has 0 N–H and O–H groups in total. The first kappa shape index (κ1) is 27.8. The smallest absolute Gasteiger partial charge is 0.338 e. The Morgan fingerprint density at radius 3 is 1.63 bits per heavy atom. The Morgan fingerprint density at radius 2 is 0.957 bits per heavy atom. The van der Waals surface area contributed by atoms with Gasteiger partial charge in [0.25, 0.3) is 0 Å². The molecule has 0 unspecified atom stereocenters. The first-order chi connectivity index (χ1) is 22.6. The summed E-state index contributed by atoms with van der Waals surface area (Å²) < 4.78 is 11.3. The number of hydrogen-bond donors (Lipinski definition) is 0. The third-order valence-corrected chi connectivity index (χ3v) is 9.03. The Balaban J connectivity index is 1.48. The maximum atomic E-state index is 13.8. The molecule has 0 aliphatic rings. The Labute approximate surface area is 266 Å². The molecule has 0 radical (unpaired) electrons. The van der Waals surface area contributed by atoms with Crippen LogP contribution in [0.3, 0.4) is 0 Å². The third-order valence-electron chi connectivity index (χ3n) is 9.03. The summed E-state index contributed by atoms with van der Waals surface area (Å²) in [7, 11) is 0. The van der Waals surface area contributed by atoms with Crippen LogP contribution in [-0.4, -0.2) is 25.2 Å². The molecule has 0 aromatic heterocycles. The van der Waals surface area contributed by atoms with Gasteiger partial charge in [0.1, 0.15) is 0 Å². The van der Waals surface area contributed by atoms with Gasteiger partial charge in [-0.05, 0) is 108 Å². The second kappa shape index (κ2) is 11.0. The molecule has 8 aromatic rings. The molecule has 0 saturated carbocycles. The van der Waals surface area contributed by atoms with E-state index < -0.39 is 11.9 Å². The summed E-state index contributed by atoms with van der Waals surface area (Å²) in [6, 6.07) is 41.1. The number of carbonyl (C=O) groups excluding carboxylic acids is 2. The minimum absolute atomic E-state index is 0.227. The summed E-state index contributed by atoms with van der Waals surface area (Å²) >= 11 is 0. The lowest BCUT2D eigenvalue weighted by Crippen LogP contribution is -2.12. The summed E-state index contributed by atoms with van der Waals surface area (Å²) in [6.45, 7) is 4.06. The Bertz CT molecular complexity index is 2470. The molecule has 4 heteroatoms. The van der Waals surface area contributed by atoms with E-state index in [4.69, 9.17) is 9.47 Å². The van der Waals surface area contributed by atoms with Gasteiger partial charge in [0.15, 0.2) is 0 Å². The zero-order valence-electron chi connectivity index (χ0n) is 25.6. The number of rotatable bonds is 6. The lowest BCUT2D eigenvalue weighted by Gasteiger charge is -2.20. The highest BCUT2D eigenvalue weighted by atomic mass is 16.5. The van der Waals surface area contributed by atoms with Crippen molar-refractivity contribution in [2.24, 2.45) is 0 Å². The van der Waals surface area contributed by atoms with Gasteiger partial charge >= 0.3 is 11.9 Å². The van der Waals surface area contributed by atoms with Crippen molar-refractivity contribution < 1.29 is 19.1 Å². The van der Waals surface area contributed by atoms with Crippen molar-refractivity contribution in [2.75, 3.05) is 13.2 Å². The number of esters is 2. The number of fused-ring (bicyclic) bond motifs is 3. The highest BCUT2D eigenvalue weighted by Crippen LogP contribution is 2.43. The summed E-state index contributed by atoms with van der Waals surface area (Å²) in [5, 5.41) is 11.0. The Morgan fingerprint density at radius 1 is 0.435 bits per heavy atom. The van der Waals surface area contributed by atoms with Gasteiger partial charge in [-0.15, -0.1) is 0 Å². The van der Waals surface area contributed by atoms with Crippen LogP contribution < -0.4 is 0 Å². The van der Waals surface area contributed by atoms with Crippen LogP contribution in [0.5, 0.6) is 0 Å². The fourth-order valence-electron chi connectivity index (χ4n) is 7.05. The van der Waals surface area contributed by atoms with Crippen LogP contribution in [0.1, 0.15) is 34.6 Å². The van der Waals surface area contributed by atoms with Crippen molar-refractivity contribution in [3.63, 3.8) is 0 Å². The number of hydrogen-bond acceptors (Lipinski definition) is 4. The molecule has 8 aromatic carbocycles. The van der Waals surface area contributed by atoms with E-state index in [2.05, 4.69) is 78.9 Å². The van der Waals surface area contributed by atoms with E-state index in [0.717, 1.165) is 59.6 Å². The molecule has 0 heterocycles. The number of carbonyl (C=O) groups is 2. The zero-order chi connectivity index (χ0) is 31.4. The second-order valence-electron chi connectivity index (χ2n) is 11.5. The van der Waals surface area contributed by atoms with Gasteiger partial charge in [0.2, 0.25) is 0 Å². The first-order valence-electron chi connectivity index (χ1n) is 15.7. The monoisotopic (exact) mass is 598 g/mol. The lowest BCUT2D eigenvalue weighted by molar-refractivity contribution is 0.0513. The van der Waals surface area contributed by atoms with Gasteiger partial charge in [-0.3, -0.25) is 0 Å². The second-order valence-corrected chi connectivity index (χ2v) is 11.5. The van der Waals surface area contributed by atoms with Gasteiger partial charge < -0.3 is 9.47 Å². The van der Waals surface area contributed by atoms with E-state index in [1.165, 1.54) is 5.39 Å². The van der Waals surface area contributed by atoms with Crippen molar-refractivity contribution in [3.8, 4) is 22.3 Å². The van der Waals surface area contributed by atoms with Crippen LogP contribution in [0, 0.1) is 0 Å². The van der Waals surface area contributed by atoms with Crippen LogP contribution in [0.25, 0.3) is 76.1 Å². The first-order valence-corrected chi connectivity index (χ1v) is 15.7. The molecule has 46 heavy (non-hydrogen) atoms. The molecule has 0 bridgehead atoms. The van der Waals surface area contributed by atoms with E-state index in [1.807, 2.05) is 42.5 Å². The van der Waals surface area contributed by atoms with E-state index in [9.17, 15) is 9.59 Å². The molecule has 0 aliphatic carbocycles. The molecule has 4 nitrogen and oxygen atoms in total. The van der Waals surface area contributed by atoms with Crippen molar-refractivity contribution in [3.05, 3.63) is 132 Å². The van der Waals surface area contributed by atoms with Gasteiger partial charge in [-0.1, -0.05) is 103 Å². The molecule has 0 fully saturated rings. The van der Waals surface area contributed by atoms with Crippen LogP contribution in [0.4, 0.5) is 0 Å². The van der Waals surface area contributed by atoms with Crippen LogP contribution in [0.15, 0.2) is 121 Å².